The van der Waals surface area contributed by atoms with Crippen molar-refractivity contribution in [2.45, 2.75) is 31.2 Å². The maximum atomic E-state index is 9.77. The van der Waals surface area contributed by atoms with Crippen molar-refractivity contribution in [1.82, 2.24) is 4.98 Å². The average Bonchev–Trinajstić information content (AvgIpc) is 2.91. The van der Waals surface area contributed by atoms with E-state index in [1.165, 1.54) is 0 Å². The van der Waals surface area contributed by atoms with Gasteiger partial charge in [0.15, 0.2) is 0 Å². The van der Waals surface area contributed by atoms with Crippen molar-refractivity contribution >= 4 is 38.2 Å². The molecule has 0 atom stereocenters. The van der Waals surface area contributed by atoms with Gasteiger partial charge in [-0.15, -0.1) is 0 Å². The second-order valence-electron chi connectivity index (χ2n) is 5.52. The summed E-state index contributed by atoms with van der Waals surface area (Å²) in [7, 11) is 0. The van der Waals surface area contributed by atoms with Crippen LogP contribution in [-0.2, 0) is 0 Å². The van der Waals surface area contributed by atoms with Gasteiger partial charge in [0.05, 0.1) is 35.2 Å². The van der Waals surface area contributed by atoms with Gasteiger partial charge < -0.3 is 16.2 Å². The Labute approximate surface area is 126 Å². The lowest BCUT2D eigenvalue weighted by atomic mass is 9.97. The van der Waals surface area contributed by atoms with Gasteiger partial charge in [-0.2, -0.15) is 0 Å². The van der Waals surface area contributed by atoms with Gasteiger partial charge in [-0.3, -0.25) is 4.98 Å². The molecule has 4 N–H and O–H groups in total. The van der Waals surface area contributed by atoms with Crippen LogP contribution < -0.4 is 11.1 Å². The summed E-state index contributed by atoms with van der Waals surface area (Å²) in [6.07, 6.45) is 5.90. The van der Waals surface area contributed by atoms with Crippen LogP contribution in [0.25, 0.3) is 10.9 Å². The van der Waals surface area contributed by atoms with E-state index in [-0.39, 0.29) is 12.1 Å². The molecule has 106 valence electrons. The fourth-order valence-electron chi connectivity index (χ4n) is 2.96. The summed E-state index contributed by atoms with van der Waals surface area (Å²) in [5.74, 6) is 0. The summed E-state index contributed by atoms with van der Waals surface area (Å²) >= 11 is 3.49. The van der Waals surface area contributed by atoms with Gasteiger partial charge in [0.2, 0.25) is 0 Å². The van der Waals surface area contributed by atoms with E-state index < -0.39 is 0 Å². The molecule has 1 aliphatic rings. The summed E-state index contributed by atoms with van der Waals surface area (Å²) in [5, 5.41) is 14.3. The Bertz CT molecular complexity index is 633. The third-order valence-corrected chi connectivity index (χ3v) is 4.61. The number of nitrogens with two attached hydrogens (primary N) is 1. The van der Waals surface area contributed by atoms with Crippen molar-refractivity contribution in [2.75, 3.05) is 17.7 Å². The quantitative estimate of drug-likeness (QED) is 0.804. The smallest absolute Gasteiger partial charge is 0.0743 e. The van der Waals surface area contributed by atoms with E-state index >= 15 is 0 Å². The molecule has 0 aliphatic heterocycles. The summed E-state index contributed by atoms with van der Waals surface area (Å²) in [6, 6.07) is 5.94. The van der Waals surface area contributed by atoms with Gasteiger partial charge in [0.25, 0.3) is 0 Å². The lowest BCUT2D eigenvalue weighted by molar-refractivity contribution is 0.214. The van der Waals surface area contributed by atoms with Crippen LogP contribution in [0.4, 0.5) is 11.4 Å². The highest BCUT2D eigenvalue weighted by Gasteiger charge is 2.33. The van der Waals surface area contributed by atoms with Crippen LogP contribution in [0.15, 0.2) is 28.9 Å². The van der Waals surface area contributed by atoms with E-state index in [9.17, 15) is 5.11 Å². The average molecular weight is 336 g/mol. The maximum Gasteiger partial charge on any atom is 0.0743 e. The Morgan fingerprint density at radius 1 is 1.35 bits per heavy atom. The number of hydrogen-bond acceptors (Lipinski definition) is 4. The van der Waals surface area contributed by atoms with Crippen molar-refractivity contribution < 1.29 is 5.11 Å². The van der Waals surface area contributed by atoms with Crippen LogP contribution in [0.1, 0.15) is 25.7 Å². The maximum absolute atomic E-state index is 9.77. The number of pyridine rings is 1. The topological polar surface area (TPSA) is 71.2 Å². The molecule has 3 rings (SSSR count). The number of benzene rings is 1. The zero-order valence-corrected chi connectivity index (χ0v) is 12.8. The third-order valence-electron chi connectivity index (χ3n) is 4.11. The zero-order valence-electron chi connectivity index (χ0n) is 11.2. The number of rotatable bonds is 3. The molecule has 1 heterocycles. The molecule has 0 saturated heterocycles. The largest absolute Gasteiger partial charge is 0.396 e. The molecule has 1 aromatic heterocycles. The molecular weight excluding hydrogens is 318 g/mol. The van der Waals surface area contributed by atoms with Crippen LogP contribution >= 0.6 is 15.9 Å². The molecule has 1 aromatic carbocycles. The number of nitrogen functional groups attached to an aromatic ring is 1. The summed E-state index contributed by atoms with van der Waals surface area (Å²) < 4.78 is 0.991. The zero-order chi connectivity index (χ0) is 14.2. The van der Waals surface area contributed by atoms with E-state index in [0.29, 0.717) is 5.69 Å². The number of aromatic nitrogens is 1. The number of nitrogens with one attached hydrogen (secondary N) is 1. The van der Waals surface area contributed by atoms with Gasteiger partial charge in [-0.25, -0.2) is 0 Å². The number of aliphatic hydroxyl groups excluding tert-OH is 1. The first-order valence-electron chi connectivity index (χ1n) is 6.86. The van der Waals surface area contributed by atoms with Crippen molar-refractivity contribution in [2.24, 2.45) is 0 Å². The molecule has 5 heteroatoms. The molecule has 0 unspecified atom stereocenters. The molecule has 1 saturated carbocycles. The summed E-state index contributed by atoms with van der Waals surface area (Å²) in [5.41, 5.74) is 8.26. The van der Waals surface area contributed by atoms with Gasteiger partial charge >= 0.3 is 0 Å². The van der Waals surface area contributed by atoms with E-state index in [2.05, 4.69) is 26.2 Å². The minimum Gasteiger partial charge on any atom is -0.396 e. The van der Waals surface area contributed by atoms with Crippen molar-refractivity contribution in [1.29, 1.82) is 0 Å². The van der Waals surface area contributed by atoms with Crippen LogP contribution in [0.5, 0.6) is 0 Å². The number of fused-ring (bicyclic) bond motifs is 1. The lowest BCUT2D eigenvalue weighted by Gasteiger charge is -2.30. The Morgan fingerprint density at radius 3 is 2.80 bits per heavy atom. The molecule has 0 amide bonds. The third kappa shape index (κ3) is 2.36. The number of hydrogen-bond donors (Lipinski definition) is 3. The highest BCUT2D eigenvalue weighted by Crippen LogP contribution is 2.37. The Hall–Kier alpha value is -1.33. The van der Waals surface area contributed by atoms with Crippen molar-refractivity contribution in [3.63, 3.8) is 0 Å². The minimum atomic E-state index is -0.245. The van der Waals surface area contributed by atoms with Crippen molar-refractivity contribution in [3.05, 3.63) is 28.9 Å². The van der Waals surface area contributed by atoms with Crippen LogP contribution in [0, 0.1) is 0 Å². The molecule has 0 spiro atoms. The first-order valence-corrected chi connectivity index (χ1v) is 7.66. The van der Waals surface area contributed by atoms with E-state index in [1.54, 1.807) is 6.20 Å². The molecule has 0 radical (unpaired) electrons. The molecule has 20 heavy (non-hydrogen) atoms. The van der Waals surface area contributed by atoms with Crippen molar-refractivity contribution in [3.8, 4) is 0 Å². The SMILES string of the molecule is Nc1cnc2ccc(Br)cc2c1NC1(CO)CCCC1. The summed E-state index contributed by atoms with van der Waals surface area (Å²) in [4.78, 5) is 4.36. The predicted octanol–water partition coefficient (Wildman–Crippen LogP) is 3.30. The lowest BCUT2D eigenvalue weighted by Crippen LogP contribution is -2.39. The van der Waals surface area contributed by atoms with Crippen LogP contribution in [0.3, 0.4) is 0 Å². The summed E-state index contributed by atoms with van der Waals surface area (Å²) in [6.45, 7) is 0.129. The fourth-order valence-corrected chi connectivity index (χ4v) is 3.32. The van der Waals surface area contributed by atoms with Gasteiger partial charge in [0.1, 0.15) is 0 Å². The molecule has 0 bridgehead atoms. The van der Waals surface area contributed by atoms with Crippen LogP contribution in [0.2, 0.25) is 0 Å². The second kappa shape index (κ2) is 5.22. The molecule has 1 aliphatic carbocycles. The first kappa shape index (κ1) is 13.6. The van der Waals surface area contributed by atoms with E-state index in [4.69, 9.17) is 5.73 Å². The predicted molar refractivity (Wildman–Crippen MR) is 85.8 cm³/mol. The normalized spacial score (nSPS) is 17.5. The van der Waals surface area contributed by atoms with Crippen LogP contribution in [-0.4, -0.2) is 22.2 Å². The number of aliphatic hydroxyl groups is 1. The van der Waals surface area contributed by atoms with Gasteiger partial charge in [-0.1, -0.05) is 28.8 Å². The number of halogens is 1. The van der Waals surface area contributed by atoms with E-state index in [0.717, 1.165) is 46.7 Å². The monoisotopic (exact) mass is 335 g/mol. The highest BCUT2D eigenvalue weighted by molar-refractivity contribution is 9.10. The number of anilines is 2. The molecule has 1 fully saturated rings. The molecule has 2 aromatic rings. The Kier molecular flexibility index (Phi) is 3.56. The van der Waals surface area contributed by atoms with E-state index in [1.807, 2.05) is 18.2 Å². The Balaban J connectivity index is 2.10. The second-order valence-corrected chi connectivity index (χ2v) is 6.44. The standard InChI is InChI=1S/C15H18BrN3O/c16-10-3-4-13-11(7-10)14(12(17)8-18-13)19-15(9-20)5-1-2-6-15/h3-4,7-8,20H,1-2,5-6,9,17H2,(H,18,19). The van der Waals surface area contributed by atoms with Gasteiger partial charge in [0, 0.05) is 9.86 Å². The number of nitrogens with zero attached hydrogens (tertiary/aromatic N) is 1. The molecular formula is C15H18BrN3O. The minimum absolute atomic E-state index is 0.129. The molecule has 4 nitrogen and oxygen atoms in total. The Morgan fingerprint density at radius 2 is 2.10 bits per heavy atom. The fraction of sp³-hybridized carbons (Fsp3) is 0.400. The van der Waals surface area contributed by atoms with Gasteiger partial charge in [-0.05, 0) is 31.0 Å². The first-order chi connectivity index (χ1) is 9.63. The highest BCUT2D eigenvalue weighted by atomic mass is 79.9.